The van der Waals surface area contributed by atoms with Gasteiger partial charge in [-0.25, -0.2) is 9.80 Å². The Labute approximate surface area is 293 Å². The summed E-state index contributed by atoms with van der Waals surface area (Å²) < 4.78 is 0. The molecule has 0 bridgehead atoms. The molecule has 250 valence electrons. The zero-order valence-electron chi connectivity index (χ0n) is 29.4. The minimum atomic E-state index is -0.357. The van der Waals surface area contributed by atoms with E-state index in [4.69, 9.17) is 0 Å². The van der Waals surface area contributed by atoms with Gasteiger partial charge in [0, 0.05) is 0 Å². The lowest BCUT2D eigenvalue weighted by molar-refractivity contribution is 0.0908. The normalized spacial score (nSPS) is 13.8. The van der Waals surface area contributed by atoms with Crippen molar-refractivity contribution >= 4 is 35.0 Å². The Balaban J connectivity index is 1.36. The maximum Gasteiger partial charge on any atom is 0.266 e. The Morgan fingerprint density at radius 3 is 0.960 bits per heavy atom. The van der Waals surface area contributed by atoms with Gasteiger partial charge >= 0.3 is 0 Å². The third-order valence-corrected chi connectivity index (χ3v) is 10.3. The molecule has 0 aromatic heterocycles. The van der Waals surface area contributed by atoms with Gasteiger partial charge in [0.15, 0.2) is 0 Å². The molecule has 6 heteroatoms. The van der Waals surface area contributed by atoms with Crippen LogP contribution in [0.25, 0.3) is 22.3 Å². The van der Waals surface area contributed by atoms with Crippen molar-refractivity contribution in [3.63, 3.8) is 0 Å². The number of aryl methyl sites for hydroxylation is 2. The summed E-state index contributed by atoms with van der Waals surface area (Å²) in [6.45, 7) is 12.0. The van der Waals surface area contributed by atoms with Crippen LogP contribution in [0, 0.1) is 13.8 Å². The number of amides is 4. The average molecular weight is 661 g/mol. The molecule has 5 aromatic carbocycles. The van der Waals surface area contributed by atoms with Crippen LogP contribution in [0.2, 0.25) is 0 Å². The van der Waals surface area contributed by atoms with Gasteiger partial charge in [-0.05, 0) is 108 Å². The van der Waals surface area contributed by atoms with Gasteiger partial charge in [0.05, 0.1) is 33.6 Å². The molecule has 0 saturated carbocycles. The highest BCUT2D eigenvalue weighted by Crippen LogP contribution is 2.46. The topological polar surface area (TPSA) is 74.8 Å². The van der Waals surface area contributed by atoms with Gasteiger partial charge < -0.3 is 0 Å². The molecule has 6 nitrogen and oxygen atoms in total. The van der Waals surface area contributed by atoms with Crippen molar-refractivity contribution in [1.82, 2.24) is 0 Å². The lowest BCUT2D eigenvalue weighted by Gasteiger charge is -2.31. The lowest BCUT2D eigenvalue weighted by atomic mass is 9.86. The standard InChI is InChI=1S/C44H40N2O4/c1-7-31-32(8-2)40(46-42(48)36-22-20-30(24-38(36)44(46)50)28-17-13-26(6)14-18-28)34(10-4)33(9-3)39(31)45-41(47)35-21-19-29(23-37(35)43(45)49)27-15-11-25(5)12-16-27/h11-24H,7-10H2,1-6H3. The summed E-state index contributed by atoms with van der Waals surface area (Å²) in [6, 6.07) is 27.1. The van der Waals surface area contributed by atoms with Crippen molar-refractivity contribution in [3.8, 4) is 22.3 Å². The second-order valence-electron chi connectivity index (χ2n) is 13.2. The maximum absolute atomic E-state index is 14.3. The van der Waals surface area contributed by atoms with Crippen molar-refractivity contribution in [3.05, 3.63) is 141 Å². The quantitative estimate of drug-likeness (QED) is 0.155. The molecule has 0 aliphatic carbocycles. The second-order valence-corrected chi connectivity index (χ2v) is 13.2. The molecule has 0 unspecified atom stereocenters. The van der Waals surface area contributed by atoms with Gasteiger partial charge in [-0.1, -0.05) is 99.5 Å². The monoisotopic (exact) mass is 660 g/mol. The first-order chi connectivity index (χ1) is 24.1. The maximum atomic E-state index is 14.3. The van der Waals surface area contributed by atoms with Gasteiger partial charge in [0.25, 0.3) is 23.6 Å². The molecule has 0 N–H and O–H groups in total. The van der Waals surface area contributed by atoms with E-state index in [0.717, 1.165) is 55.6 Å². The zero-order valence-corrected chi connectivity index (χ0v) is 29.4. The minimum Gasteiger partial charge on any atom is -0.268 e. The number of carbonyl (C=O) groups is 4. The smallest absolute Gasteiger partial charge is 0.266 e. The van der Waals surface area contributed by atoms with Gasteiger partial charge in [0.2, 0.25) is 0 Å². The Morgan fingerprint density at radius 2 is 0.660 bits per heavy atom. The molecule has 0 atom stereocenters. The van der Waals surface area contributed by atoms with Crippen LogP contribution in [0.4, 0.5) is 11.4 Å². The first kappa shape index (κ1) is 32.9. The molecule has 0 saturated heterocycles. The van der Waals surface area contributed by atoms with E-state index in [9.17, 15) is 19.2 Å². The number of anilines is 2. The molecule has 7 rings (SSSR count). The first-order valence-corrected chi connectivity index (χ1v) is 17.5. The van der Waals surface area contributed by atoms with Crippen LogP contribution in [0.15, 0.2) is 84.9 Å². The fourth-order valence-electron chi connectivity index (χ4n) is 7.74. The Kier molecular flexibility index (Phi) is 8.35. The molecular formula is C44H40N2O4. The highest BCUT2D eigenvalue weighted by atomic mass is 16.2. The Morgan fingerprint density at radius 1 is 0.380 bits per heavy atom. The number of rotatable bonds is 8. The number of hydrogen-bond acceptors (Lipinski definition) is 4. The van der Waals surface area contributed by atoms with E-state index < -0.39 is 0 Å². The van der Waals surface area contributed by atoms with Crippen LogP contribution in [0.5, 0.6) is 0 Å². The highest BCUT2D eigenvalue weighted by Gasteiger charge is 2.43. The summed E-state index contributed by atoms with van der Waals surface area (Å²) in [6.07, 6.45) is 2.02. The molecule has 2 heterocycles. The number of fused-ring (bicyclic) bond motifs is 2. The van der Waals surface area contributed by atoms with E-state index in [0.29, 0.717) is 59.3 Å². The number of nitrogens with zero attached hydrogens (tertiary/aromatic N) is 2. The van der Waals surface area contributed by atoms with E-state index in [-0.39, 0.29) is 23.6 Å². The van der Waals surface area contributed by atoms with Gasteiger partial charge in [-0.2, -0.15) is 0 Å². The predicted octanol–water partition coefficient (Wildman–Crippen LogP) is 9.49. The third kappa shape index (κ3) is 5.01. The fraction of sp³-hybridized carbons (Fsp3) is 0.227. The number of imide groups is 2. The molecule has 0 spiro atoms. The van der Waals surface area contributed by atoms with Crippen molar-refractivity contribution in [2.24, 2.45) is 0 Å². The molecule has 0 radical (unpaired) electrons. The number of carbonyl (C=O) groups excluding carboxylic acids is 4. The largest absolute Gasteiger partial charge is 0.268 e. The molecule has 2 aliphatic heterocycles. The van der Waals surface area contributed by atoms with Crippen LogP contribution >= 0.6 is 0 Å². The number of hydrogen-bond donors (Lipinski definition) is 0. The summed E-state index contributed by atoms with van der Waals surface area (Å²) in [5.74, 6) is -1.42. The average Bonchev–Trinajstić information content (AvgIpc) is 3.53. The fourth-order valence-corrected chi connectivity index (χ4v) is 7.74. The Hall–Kier alpha value is -5.62. The van der Waals surface area contributed by atoms with Crippen molar-refractivity contribution in [1.29, 1.82) is 0 Å². The summed E-state index contributed by atoms with van der Waals surface area (Å²) >= 11 is 0. The minimum absolute atomic E-state index is 0.355. The van der Waals surface area contributed by atoms with E-state index in [1.807, 2.05) is 114 Å². The van der Waals surface area contributed by atoms with Crippen LogP contribution in [-0.2, 0) is 25.7 Å². The highest BCUT2D eigenvalue weighted by molar-refractivity contribution is 6.37. The molecule has 4 amide bonds. The predicted molar refractivity (Wildman–Crippen MR) is 199 cm³/mol. The van der Waals surface area contributed by atoms with E-state index in [2.05, 4.69) is 0 Å². The van der Waals surface area contributed by atoms with E-state index >= 15 is 0 Å². The van der Waals surface area contributed by atoms with Crippen molar-refractivity contribution in [2.75, 3.05) is 9.80 Å². The molecule has 5 aromatic rings. The van der Waals surface area contributed by atoms with Crippen LogP contribution in [0.3, 0.4) is 0 Å². The summed E-state index contributed by atoms with van der Waals surface area (Å²) in [7, 11) is 0. The SMILES string of the molecule is CCc1c(CC)c(N2C(=O)c3ccc(-c4ccc(C)cc4)cc3C2=O)c(CC)c(CC)c1N1C(=O)c2ccc(-c3ccc(C)cc3)cc2C1=O. The van der Waals surface area contributed by atoms with Crippen LogP contribution < -0.4 is 9.80 Å². The second kappa shape index (κ2) is 12.7. The molecular weight excluding hydrogens is 620 g/mol. The van der Waals surface area contributed by atoms with E-state index in [1.165, 1.54) is 9.80 Å². The summed E-state index contributed by atoms with van der Waals surface area (Å²) in [5.41, 5.74) is 11.9. The number of benzene rings is 5. The van der Waals surface area contributed by atoms with Gasteiger partial charge in [0.1, 0.15) is 0 Å². The van der Waals surface area contributed by atoms with Gasteiger partial charge in [-0.15, -0.1) is 0 Å². The van der Waals surface area contributed by atoms with Crippen molar-refractivity contribution in [2.45, 2.75) is 67.2 Å². The zero-order chi connectivity index (χ0) is 35.4. The van der Waals surface area contributed by atoms with Crippen LogP contribution in [0.1, 0.15) is 103 Å². The van der Waals surface area contributed by atoms with Crippen molar-refractivity contribution < 1.29 is 19.2 Å². The summed E-state index contributed by atoms with van der Waals surface area (Å²) in [5, 5.41) is 0. The van der Waals surface area contributed by atoms with E-state index in [1.54, 1.807) is 12.1 Å². The lowest BCUT2D eigenvalue weighted by Crippen LogP contribution is -2.35. The first-order valence-electron chi connectivity index (χ1n) is 17.5. The molecule has 2 aliphatic rings. The van der Waals surface area contributed by atoms with Gasteiger partial charge in [-0.3, -0.25) is 19.2 Å². The molecule has 50 heavy (non-hydrogen) atoms. The third-order valence-electron chi connectivity index (χ3n) is 10.3. The Bertz CT molecular complexity index is 2050. The van der Waals surface area contributed by atoms with Crippen LogP contribution in [-0.4, -0.2) is 23.6 Å². The summed E-state index contributed by atoms with van der Waals surface area (Å²) in [4.78, 5) is 59.7. The molecule has 0 fully saturated rings.